The zero-order chi connectivity index (χ0) is 26.4. The zero-order valence-electron chi connectivity index (χ0n) is 21.7. The van der Waals surface area contributed by atoms with Crippen LogP contribution in [-0.4, -0.2) is 40.5 Å². The Morgan fingerprint density at radius 2 is 1.70 bits per heavy atom. The predicted molar refractivity (Wildman–Crippen MR) is 144 cm³/mol. The van der Waals surface area contributed by atoms with E-state index in [0.717, 1.165) is 17.5 Å². The lowest BCUT2D eigenvalue weighted by molar-refractivity contribution is -0.127. The van der Waals surface area contributed by atoms with Gasteiger partial charge in [-0.25, -0.2) is 4.68 Å². The Balaban J connectivity index is 1.79. The number of methoxy groups -OCH3 is 1. The Morgan fingerprint density at radius 1 is 1.00 bits per heavy atom. The van der Waals surface area contributed by atoms with E-state index in [-0.39, 0.29) is 18.4 Å². The highest BCUT2D eigenvalue weighted by Crippen LogP contribution is 2.35. The molecule has 0 aliphatic heterocycles. The number of anilines is 1. The van der Waals surface area contributed by atoms with Gasteiger partial charge in [-0.2, -0.15) is 0 Å². The number of aryl methyl sites for hydroxylation is 1. The van der Waals surface area contributed by atoms with Crippen molar-refractivity contribution in [1.29, 1.82) is 0 Å². The summed E-state index contributed by atoms with van der Waals surface area (Å²) >= 11 is 0. The van der Waals surface area contributed by atoms with Crippen LogP contribution in [0.3, 0.4) is 0 Å². The molecule has 1 aromatic heterocycles. The molecule has 4 rings (SSSR count). The van der Waals surface area contributed by atoms with Crippen molar-refractivity contribution < 1.29 is 14.3 Å². The third kappa shape index (κ3) is 5.97. The Labute approximate surface area is 217 Å². The maximum Gasteiger partial charge on any atom is 0.249 e. The third-order valence-corrected chi connectivity index (χ3v) is 6.24. The highest BCUT2D eigenvalue weighted by Gasteiger charge is 2.34. The number of para-hydroxylation sites is 3. The molecule has 8 nitrogen and oxygen atoms in total. The van der Waals surface area contributed by atoms with Crippen LogP contribution in [0.2, 0.25) is 0 Å². The summed E-state index contributed by atoms with van der Waals surface area (Å²) < 4.78 is 7.18. The fraction of sp³-hybridized carbons (Fsp3) is 0.310. The van der Waals surface area contributed by atoms with Gasteiger partial charge in [-0.15, -0.1) is 5.10 Å². The van der Waals surface area contributed by atoms with Crippen LogP contribution in [0.15, 0.2) is 72.8 Å². The van der Waals surface area contributed by atoms with Crippen molar-refractivity contribution in [2.24, 2.45) is 5.92 Å². The minimum Gasteiger partial charge on any atom is -0.495 e. The number of hydrogen-bond acceptors (Lipinski definition) is 5. The van der Waals surface area contributed by atoms with Gasteiger partial charge in [-0.1, -0.05) is 73.2 Å². The maximum absolute atomic E-state index is 14.1. The van der Waals surface area contributed by atoms with E-state index in [1.807, 2.05) is 67.6 Å². The number of benzene rings is 3. The van der Waals surface area contributed by atoms with E-state index in [0.29, 0.717) is 35.0 Å². The number of hydrogen-bond donors (Lipinski definition) is 1. The molecular weight excluding hydrogens is 466 g/mol. The summed E-state index contributed by atoms with van der Waals surface area (Å²) in [4.78, 5) is 29.4. The van der Waals surface area contributed by atoms with E-state index >= 15 is 0 Å². The third-order valence-electron chi connectivity index (χ3n) is 6.24. The molecule has 0 fully saturated rings. The number of nitrogens with one attached hydrogen (secondary N) is 1. The first-order valence-electron chi connectivity index (χ1n) is 12.5. The van der Waals surface area contributed by atoms with E-state index in [9.17, 15) is 9.59 Å². The van der Waals surface area contributed by atoms with Crippen LogP contribution < -0.4 is 15.0 Å². The minimum absolute atomic E-state index is 0.0970. The lowest BCUT2D eigenvalue weighted by Gasteiger charge is -2.32. The molecule has 0 bridgehead atoms. The van der Waals surface area contributed by atoms with Crippen molar-refractivity contribution in [3.05, 3.63) is 83.9 Å². The van der Waals surface area contributed by atoms with Gasteiger partial charge in [-0.05, 0) is 49.1 Å². The molecule has 0 saturated heterocycles. The number of amides is 2. The van der Waals surface area contributed by atoms with Crippen LogP contribution >= 0.6 is 0 Å². The molecule has 8 heteroatoms. The molecule has 2 amide bonds. The quantitative estimate of drug-likeness (QED) is 0.342. The lowest BCUT2D eigenvalue weighted by Crippen LogP contribution is -2.45. The van der Waals surface area contributed by atoms with Crippen LogP contribution in [0.4, 0.5) is 5.69 Å². The highest BCUT2D eigenvalue weighted by atomic mass is 16.5. The van der Waals surface area contributed by atoms with Gasteiger partial charge < -0.3 is 10.1 Å². The number of aromatic nitrogens is 3. The van der Waals surface area contributed by atoms with Crippen molar-refractivity contribution in [1.82, 2.24) is 20.3 Å². The normalized spacial score (nSPS) is 11.9. The van der Waals surface area contributed by atoms with E-state index in [1.54, 1.807) is 23.9 Å². The van der Waals surface area contributed by atoms with Crippen molar-refractivity contribution in [2.75, 3.05) is 18.6 Å². The summed E-state index contributed by atoms with van der Waals surface area (Å²) in [5.74, 6) is 0.356. The molecule has 0 aliphatic rings. The summed E-state index contributed by atoms with van der Waals surface area (Å²) in [5, 5.41) is 11.4. The molecule has 1 heterocycles. The molecule has 0 saturated carbocycles. The van der Waals surface area contributed by atoms with E-state index in [4.69, 9.17) is 4.74 Å². The maximum atomic E-state index is 14.1. The van der Waals surface area contributed by atoms with Gasteiger partial charge in [0, 0.05) is 6.54 Å². The summed E-state index contributed by atoms with van der Waals surface area (Å²) in [6.45, 7) is 6.62. The fourth-order valence-corrected chi connectivity index (χ4v) is 4.23. The Kier molecular flexibility index (Phi) is 8.18. The molecule has 37 heavy (non-hydrogen) atoms. The highest BCUT2D eigenvalue weighted by molar-refractivity contribution is 6.02. The first kappa shape index (κ1) is 25.9. The summed E-state index contributed by atoms with van der Waals surface area (Å²) in [7, 11) is 1.55. The molecule has 0 radical (unpaired) electrons. The standard InChI is InChI=1S/C29H33N5O3/c1-20(2)17-18-30-29(36)28(22-15-13-21(3)14-16-22)34(25-11-7-8-12-26(25)37-4)27(35)19-33-24-10-6-5-9-23(24)31-32-33/h5-16,20,28H,17-19H2,1-4H3,(H,30,36)/t28-/m1/s1. The van der Waals surface area contributed by atoms with Crippen LogP contribution in [0.5, 0.6) is 5.75 Å². The Bertz CT molecular complexity index is 1360. The van der Waals surface area contributed by atoms with Crippen LogP contribution in [-0.2, 0) is 16.1 Å². The number of ether oxygens (including phenoxy) is 1. The van der Waals surface area contributed by atoms with Gasteiger partial charge in [0.1, 0.15) is 23.9 Å². The van der Waals surface area contributed by atoms with Gasteiger partial charge in [0.2, 0.25) is 11.8 Å². The first-order chi connectivity index (χ1) is 17.9. The van der Waals surface area contributed by atoms with Crippen molar-refractivity contribution in [2.45, 2.75) is 39.8 Å². The predicted octanol–water partition coefficient (Wildman–Crippen LogP) is 4.69. The molecule has 4 aromatic rings. The molecule has 192 valence electrons. The number of rotatable bonds is 10. The Hall–Kier alpha value is -4.20. The molecule has 0 spiro atoms. The Morgan fingerprint density at radius 3 is 2.43 bits per heavy atom. The van der Waals surface area contributed by atoms with Gasteiger partial charge in [0.15, 0.2) is 0 Å². The number of carbonyl (C=O) groups excluding carboxylic acids is 2. The number of nitrogens with zero attached hydrogens (tertiary/aromatic N) is 4. The largest absolute Gasteiger partial charge is 0.495 e. The lowest BCUT2D eigenvalue weighted by atomic mass is 10.0. The molecule has 1 N–H and O–H groups in total. The molecule has 0 aliphatic carbocycles. The van der Waals surface area contributed by atoms with Gasteiger partial charge in [0.25, 0.3) is 0 Å². The van der Waals surface area contributed by atoms with Crippen LogP contribution in [0.25, 0.3) is 11.0 Å². The van der Waals surface area contributed by atoms with Gasteiger partial charge in [0.05, 0.1) is 18.3 Å². The SMILES string of the molecule is COc1ccccc1N(C(=O)Cn1nnc2ccccc21)[C@@H](C(=O)NCCC(C)C)c1ccc(C)cc1. The van der Waals surface area contributed by atoms with Crippen LogP contribution in [0.1, 0.15) is 37.4 Å². The molecule has 0 unspecified atom stereocenters. The second-order valence-corrected chi connectivity index (χ2v) is 9.46. The van der Waals surface area contributed by atoms with Crippen molar-refractivity contribution in [3.8, 4) is 5.75 Å². The molecule has 1 atom stereocenters. The number of carbonyl (C=O) groups is 2. The first-order valence-corrected chi connectivity index (χ1v) is 12.5. The zero-order valence-corrected chi connectivity index (χ0v) is 21.7. The average molecular weight is 500 g/mol. The summed E-state index contributed by atoms with van der Waals surface area (Å²) in [5.41, 5.74) is 3.70. The molecular formula is C29H33N5O3. The van der Waals surface area contributed by atoms with Crippen LogP contribution in [0, 0.1) is 12.8 Å². The van der Waals surface area contributed by atoms with Gasteiger partial charge >= 0.3 is 0 Å². The fourth-order valence-electron chi connectivity index (χ4n) is 4.23. The monoisotopic (exact) mass is 499 g/mol. The van der Waals surface area contributed by atoms with Crippen molar-refractivity contribution in [3.63, 3.8) is 0 Å². The molecule has 3 aromatic carbocycles. The van der Waals surface area contributed by atoms with E-state index in [1.165, 1.54) is 4.90 Å². The van der Waals surface area contributed by atoms with E-state index in [2.05, 4.69) is 29.5 Å². The second kappa shape index (κ2) is 11.7. The second-order valence-electron chi connectivity index (χ2n) is 9.46. The average Bonchev–Trinajstić information content (AvgIpc) is 3.30. The topological polar surface area (TPSA) is 89.3 Å². The summed E-state index contributed by atoms with van der Waals surface area (Å²) in [6, 6.07) is 21.5. The summed E-state index contributed by atoms with van der Waals surface area (Å²) in [6.07, 6.45) is 0.833. The van der Waals surface area contributed by atoms with Gasteiger partial charge in [-0.3, -0.25) is 14.5 Å². The van der Waals surface area contributed by atoms with E-state index < -0.39 is 6.04 Å². The minimum atomic E-state index is -0.911. The smallest absolute Gasteiger partial charge is 0.249 e. The van der Waals surface area contributed by atoms with Crippen molar-refractivity contribution >= 4 is 28.5 Å². The number of fused-ring (bicyclic) bond motifs is 1.